The third-order valence-electron chi connectivity index (χ3n) is 4.08. The fourth-order valence-electron chi connectivity index (χ4n) is 2.54. The molecule has 0 spiro atoms. The second kappa shape index (κ2) is 6.75. The molecule has 3 rings (SSSR count). The van der Waals surface area contributed by atoms with Gasteiger partial charge in [-0.15, -0.1) is 0 Å². The minimum atomic E-state index is -0.304. The van der Waals surface area contributed by atoms with Gasteiger partial charge in [-0.1, -0.05) is 54.6 Å². The van der Waals surface area contributed by atoms with Crippen LogP contribution < -0.4 is 10.6 Å². The Balaban J connectivity index is 1.73. The van der Waals surface area contributed by atoms with Crippen molar-refractivity contribution in [1.29, 1.82) is 0 Å². The van der Waals surface area contributed by atoms with Gasteiger partial charge in [-0.3, -0.25) is 10.1 Å². The Bertz CT molecular complexity index is 635. The summed E-state index contributed by atoms with van der Waals surface area (Å²) in [5.41, 5.74) is 3.47. The molecule has 0 saturated heterocycles. The van der Waals surface area contributed by atoms with Crippen molar-refractivity contribution in [3.8, 4) is 0 Å². The summed E-state index contributed by atoms with van der Waals surface area (Å²) in [5, 5.41) is 6.52. The highest BCUT2D eigenvalue weighted by Gasteiger charge is 2.28. The Morgan fingerprint density at radius 3 is 2.45 bits per heavy atom. The highest BCUT2D eigenvalue weighted by atomic mass is 16.2. The molecule has 1 amide bonds. The highest BCUT2D eigenvalue weighted by molar-refractivity contribution is 5.83. The van der Waals surface area contributed by atoms with Crippen LogP contribution in [-0.2, 0) is 11.3 Å². The summed E-state index contributed by atoms with van der Waals surface area (Å²) in [4.78, 5) is 12.5. The number of aryl methyl sites for hydroxylation is 1. The lowest BCUT2D eigenvalue weighted by Gasteiger charge is -2.19. The third-order valence-corrected chi connectivity index (χ3v) is 4.08. The summed E-state index contributed by atoms with van der Waals surface area (Å²) in [6, 6.07) is 18.3. The number of carbonyl (C=O) groups excluding carboxylic acids is 1. The molecule has 3 nitrogen and oxygen atoms in total. The first-order chi connectivity index (χ1) is 10.7. The van der Waals surface area contributed by atoms with E-state index in [-0.39, 0.29) is 11.9 Å². The molecule has 0 radical (unpaired) electrons. The summed E-state index contributed by atoms with van der Waals surface area (Å²) in [5.74, 6) is 0.0716. The van der Waals surface area contributed by atoms with Gasteiger partial charge in [0.1, 0.15) is 6.04 Å². The van der Waals surface area contributed by atoms with E-state index in [0.29, 0.717) is 12.6 Å². The molecule has 1 atom stereocenters. The number of nitrogens with one attached hydrogen (secondary N) is 2. The second-order valence-electron chi connectivity index (χ2n) is 5.93. The zero-order chi connectivity index (χ0) is 15.4. The van der Waals surface area contributed by atoms with E-state index < -0.39 is 0 Å². The first kappa shape index (κ1) is 14.8. The highest BCUT2D eigenvalue weighted by Crippen LogP contribution is 2.21. The van der Waals surface area contributed by atoms with Gasteiger partial charge < -0.3 is 5.32 Å². The van der Waals surface area contributed by atoms with E-state index in [1.807, 2.05) is 42.5 Å². The topological polar surface area (TPSA) is 41.1 Å². The van der Waals surface area contributed by atoms with E-state index >= 15 is 0 Å². The number of hydrogen-bond donors (Lipinski definition) is 2. The number of amides is 1. The molecule has 0 heterocycles. The molecule has 3 heteroatoms. The van der Waals surface area contributed by atoms with Crippen LogP contribution in [0.3, 0.4) is 0 Å². The monoisotopic (exact) mass is 294 g/mol. The number of carbonyl (C=O) groups is 1. The lowest BCUT2D eigenvalue weighted by Crippen LogP contribution is -2.38. The molecule has 1 saturated carbocycles. The summed E-state index contributed by atoms with van der Waals surface area (Å²) >= 11 is 0. The van der Waals surface area contributed by atoms with Crippen molar-refractivity contribution in [2.75, 3.05) is 0 Å². The van der Waals surface area contributed by atoms with Gasteiger partial charge in [-0.05, 0) is 36.5 Å². The fraction of sp³-hybridized carbons (Fsp3) is 0.316. The minimum absolute atomic E-state index is 0.0716. The van der Waals surface area contributed by atoms with E-state index in [9.17, 15) is 4.79 Å². The van der Waals surface area contributed by atoms with Crippen LogP contribution in [0, 0.1) is 6.92 Å². The second-order valence-corrected chi connectivity index (χ2v) is 5.93. The molecular weight excluding hydrogens is 272 g/mol. The minimum Gasteiger partial charge on any atom is -0.352 e. The van der Waals surface area contributed by atoms with Crippen LogP contribution in [-0.4, -0.2) is 11.9 Å². The Kier molecular flexibility index (Phi) is 4.54. The molecule has 2 aromatic carbocycles. The first-order valence-corrected chi connectivity index (χ1v) is 7.87. The van der Waals surface area contributed by atoms with Gasteiger partial charge >= 0.3 is 0 Å². The molecule has 2 N–H and O–H groups in total. The zero-order valence-corrected chi connectivity index (χ0v) is 12.9. The zero-order valence-electron chi connectivity index (χ0n) is 12.9. The first-order valence-electron chi connectivity index (χ1n) is 7.87. The predicted molar refractivity (Wildman–Crippen MR) is 88.4 cm³/mol. The quantitative estimate of drug-likeness (QED) is 0.859. The number of rotatable bonds is 6. The largest absolute Gasteiger partial charge is 0.352 e. The van der Waals surface area contributed by atoms with E-state index in [0.717, 1.165) is 18.4 Å². The Morgan fingerprint density at radius 1 is 1.09 bits per heavy atom. The maximum atomic E-state index is 12.5. The SMILES string of the molecule is Cc1ccccc1CNC(C(=O)NC1CC1)c1ccccc1. The van der Waals surface area contributed by atoms with Crippen molar-refractivity contribution in [3.63, 3.8) is 0 Å². The van der Waals surface area contributed by atoms with E-state index in [1.54, 1.807) is 0 Å². The molecule has 2 aromatic rings. The fourth-order valence-corrected chi connectivity index (χ4v) is 2.54. The van der Waals surface area contributed by atoms with Crippen LogP contribution in [0.4, 0.5) is 0 Å². The van der Waals surface area contributed by atoms with E-state index in [4.69, 9.17) is 0 Å². The van der Waals surface area contributed by atoms with Crippen LogP contribution >= 0.6 is 0 Å². The van der Waals surface area contributed by atoms with Crippen molar-refractivity contribution in [1.82, 2.24) is 10.6 Å². The van der Waals surface area contributed by atoms with Gasteiger partial charge in [0.05, 0.1) is 0 Å². The maximum Gasteiger partial charge on any atom is 0.241 e. The molecule has 1 fully saturated rings. The van der Waals surface area contributed by atoms with Gasteiger partial charge in [0, 0.05) is 12.6 Å². The standard InChI is InChI=1S/C19H22N2O/c1-14-7-5-6-10-16(14)13-20-18(15-8-3-2-4-9-15)19(22)21-17-11-12-17/h2-10,17-18,20H,11-13H2,1H3,(H,21,22). The Hall–Kier alpha value is -2.13. The van der Waals surface area contributed by atoms with Crippen LogP contribution in [0.25, 0.3) is 0 Å². The third kappa shape index (κ3) is 3.74. The maximum absolute atomic E-state index is 12.5. The molecule has 1 aliphatic rings. The van der Waals surface area contributed by atoms with Gasteiger partial charge in [0.2, 0.25) is 5.91 Å². The van der Waals surface area contributed by atoms with E-state index in [2.05, 4.69) is 29.7 Å². The average Bonchev–Trinajstić information content (AvgIpc) is 3.34. The molecule has 0 aromatic heterocycles. The molecule has 22 heavy (non-hydrogen) atoms. The summed E-state index contributed by atoms with van der Waals surface area (Å²) < 4.78 is 0. The van der Waals surface area contributed by atoms with Crippen LogP contribution in [0.1, 0.15) is 35.6 Å². The van der Waals surface area contributed by atoms with Gasteiger partial charge in [0.25, 0.3) is 0 Å². The molecular formula is C19H22N2O. The lowest BCUT2D eigenvalue weighted by atomic mass is 10.0. The van der Waals surface area contributed by atoms with Crippen LogP contribution in [0.5, 0.6) is 0 Å². The molecule has 0 aliphatic heterocycles. The number of benzene rings is 2. The van der Waals surface area contributed by atoms with Gasteiger partial charge in [-0.2, -0.15) is 0 Å². The van der Waals surface area contributed by atoms with Crippen LogP contribution in [0.15, 0.2) is 54.6 Å². The van der Waals surface area contributed by atoms with Gasteiger partial charge in [-0.25, -0.2) is 0 Å². The summed E-state index contributed by atoms with van der Waals surface area (Å²) in [6.45, 7) is 2.78. The van der Waals surface area contributed by atoms with Crippen molar-refractivity contribution in [3.05, 3.63) is 71.3 Å². The van der Waals surface area contributed by atoms with Crippen molar-refractivity contribution in [2.45, 2.75) is 38.4 Å². The summed E-state index contributed by atoms with van der Waals surface area (Å²) in [7, 11) is 0. The van der Waals surface area contributed by atoms with Crippen molar-refractivity contribution >= 4 is 5.91 Å². The Morgan fingerprint density at radius 2 is 1.77 bits per heavy atom. The summed E-state index contributed by atoms with van der Waals surface area (Å²) in [6.07, 6.45) is 2.20. The van der Waals surface area contributed by atoms with Crippen molar-refractivity contribution in [2.24, 2.45) is 0 Å². The normalized spacial score (nSPS) is 15.3. The van der Waals surface area contributed by atoms with E-state index in [1.165, 1.54) is 11.1 Å². The Labute approximate surface area is 131 Å². The molecule has 0 bridgehead atoms. The molecule has 1 aliphatic carbocycles. The average molecular weight is 294 g/mol. The molecule has 114 valence electrons. The predicted octanol–water partition coefficient (Wildman–Crippen LogP) is 3.10. The lowest BCUT2D eigenvalue weighted by molar-refractivity contribution is -0.123. The van der Waals surface area contributed by atoms with Crippen LogP contribution in [0.2, 0.25) is 0 Å². The molecule has 1 unspecified atom stereocenters. The number of hydrogen-bond acceptors (Lipinski definition) is 2. The van der Waals surface area contributed by atoms with Gasteiger partial charge in [0.15, 0.2) is 0 Å². The van der Waals surface area contributed by atoms with Crippen molar-refractivity contribution < 1.29 is 4.79 Å². The smallest absolute Gasteiger partial charge is 0.241 e.